The number of esters is 1. The van der Waals surface area contributed by atoms with Crippen LogP contribution in [0.2, 0.25) is 0 Å². The maximum atomic E-state index is 13.9. The lowest BCUT2D eigenvalue weighted by atomic mass is 9.65. The second kappa shape index (κ2) is 14.0. The summed E-state index contributed by atoms with van der Waals surface area (Å²) < 4.78 is 63.1. The average molecular weight is 749 g/mol. The minimum absolute atomic E-state index is 0.0358. The van der Waals surface area contributed by atoms with Crippen molar-refractivity contribution in [3.8, 4) is 39.9 Å². The fourth-order valence-electron chi connectivity index (χ4n) is 7.61. The Balaban J connectivity index is 1.07. The second-order valence-electron chi connectivity index (χ2n) is 13.1. The molecule has 8 rings (SSSR count). The highest BCUT2D eigenvalue weighted by atomic mass is 32.2. The van der Waals surface area contributed by atoms with Crippen LogP contribution in [0.3, 0.4) is 0 Å². The van der Waals surface area contributed by atoms with Crippen molar-refractivity contribution in [1.29, 1.82) is 0 Å². The van der Waals surface area contributed by atoms with E-state index in [-0.39, 0.29) is 24.0 Å². The molecular weight excluding hydrogens is 713 g/mol. The summed E-state index contributed by atoms with van der Waals surface area (Å²) in [6.45, 7) is 0.115. The van der Waals surface area contributed by atoms with E-state index in [4.69, 9.17) is 28.4 Å². The quantitative estimate of drug-likeness (QED) is 0.156. The Morgan fingerprint density at radius 1 is 0.741 bits per heavy atom. The van der Waals surface area contributed by atoms with Crippen molar-refractivity contribution in [2.75, 3.05) is 39.5 Å². The standard InChI is InChI=1S/C41H36N2O10S/c1-48-34-17-26(18-35(49-2)39(34)50-3)36-29-19-32-33(53-22-52-32)20-30(29)38(31-21-51-41(45)37(31)36)42-40(44)25-9-13-27(14-10-25)43-54(46,47)28-15-11-24(12-16-28)23-7-5-4-6-8-23/h4-20,31,36-38,43H,21-22H2,1-3H3,(H,42,44)/t31-,36+,37-,38+/m0/s1. The van der Waals surface area contributed by atoms with Gasteiger partial charge in [-0.2, -0.15) is 0 Å². The third kappa shape index (κ3) is 6.19. The van der Waals surface area contributed by atoms with Crippen molar-refractivity contribution in [3.63, 3.8) is 0 Å². The monoisotopic (exact) mass is 748 g/mol. The van der Waals surface area contributed by atoms with Gasteiger partial charge in [-0.15, -0.1) is 0 Å². The first-order valence-corrected chi connectivity index (χ1v) is 18.7. The molecule has 1 amide bonds. The molecule has 4 atom stereocenters. The zero-order valence-corrected chi connectivity index (χ0v) is 30.3. The van der Waals surface area contributed by atoms with E-state index in [0.717, 1.165) is 27.8 Å². The van der Waals surface area contributed by atoms with Gasteiger partial charge in [-0.05, 0) is 88.5 Å². The summed E-state index contributed by atoms with van der Waals surface area (Å²) in [5, 5.41) is 3.15. The normalized spacial score (nSPS) is 19.6. The second-order valence-corrected chi connectivity index (χ2v) is 14.8. The summed E-state index contributed by atoms with van der Waals surface area (Å²) in [5.41, 5.74) is 4.68. The summed E-state index contributed by atoms with van der Waals surface area (Å²) in [6, 6.07) is 29.1. The average Bonchev–Trinajstić information content (AvgIpc) is 3.83. The molecule has 2 N–H and O–H groups in total. The molecule has 54 heavy (non-hydrogen) atoms. The molecule has 0 spiro atoms. The van der Waals surface area contributed by atoms with Crippen LogP contribution in [0.15, 0.2) is 108 Å². The van der Waals surface area contributed by atoms with Gasteiger partial charge >= 0.3 is 5.97 Å². The van der Waals surface area contributed by atoms with Gasteiger partial charge < -0.3 is 33.7 Å². The van der Waals surface area contributed by atoms with E-state index in [1.165, 1.54) is 33.5 Å². The van der Waals surface area contributed by atoms with Crippen LogP contribution in [-0.2, 0) is 19.6 Å². The highest BCUT2D eigenvalue weighted by Crippen LogP contribution is 2.55. The van der Waals surface area contributed by atoms with Gasteiger partial charge in [0.25, 0.3) is 15.9 Å². The lowest BCUT2D eigenvalue weighted by molar-refractivity contribution is -0.141. The fraction of sp³-hybridized carbons (Fsp3) is 0.220. The largest absolute Gasteiger partial charge is 0.493 e. The predicted octanol–water partition coefficient (Wildman–Crippen LogP) is 6.31. The summed E-state index contributed by atoms with van der Waals surface area (Å²) in [5.74, 6) is -0.138. The predicted molar refractivity (Wildman–Crippen MR) is 198 cm³/mol. The Morgan fingerprint density at radius 3 is 2.00 bits per heavy atom. The first kappa shape index (κ1) is 34.9. The molecule has 5 aromatic carbocycles. The number of rotatable bonds is 10. The van der Waals surface area contributed by atoms with Crippen molar-refractivity contribution in [2.45, 2.75) is 16.9 Å². The maximum Gasteiger partial charge on any atom is 0.310 e. The highest BCUT2D eigenvalue weighted by Gasteiger charge is 2.53. The van der Waals surface area contributed by atoms with Gasteiger partial charge in [-0.25, -0.2) is 8.42 Å². The Kier molecular flexibility index (Phi) is 9.02. The number of hydrogen-bond donors (Lipinski definition) is 2. The Bertz CT molecular complexity index is 2320. The van der Waals surface area contributed by atoms with Crippen LogP contribution >= 0.6 is 0 Å². The van der Waals surface area contributed by atoms with E-state index in [0.29, 0.717) is 34.3 Å². The van der Waals surface area contributed by atoms with E-state index in [1.807, 2.05) is 54.6 Å². The van der Waals surface area contributed by atoms with Crippen molar-refractivity contribution in [3.05, 3.63) is 125 Å². The van der Waals surface area contributed by atoms with Crippen molar-refractivity contribution in [1.82, 2.24) is 5.32 Å². The number of cyclic esters (lactones) is 1. The molecule has 1 aliphatic carbocycles. The van der Waals surface area contributed by atoms with E-state index in [2.05, 4.69) is 10.0 Å². The molecular formula is C41H36N2O10S. The minimum Gasteiger partial charge on any atom is -0.493 e. The van der Waals surface area contributed by atoms with Gasteiger partial charge in [0.1, 0.15) is 0 Å². The number of carbonyl (C=O) groups excluding carboxylic acids is 2. The SMILES string of the molecule is COc1cc([C@@H]2c3cc4c(cc3[C@@H](NC(=O)c3ccc(NS(=O)(=O)c5ccc(-c6ccccc6)cc5)cc3)[C@H]3COC(=O)[C@H]23)OCO4)cc(OC)c1OC. The molecule has 5 aromatic rings. The Morgan fingerprint density at radius 2 is 1.37 bits per heavy atom. The van der Waals surface area contributed by atoms with Crippen LogP contribution in [0.25, 0.3) is 11.1 Å². The van der Waals surface area contributed by atoms with Gasteiger partial charge in [-0.1, -0.05) is 42.5 Å². The van der Waals surface area contributed by atoms with E-state index in [9.17, 15) is 18.0 Å². The number of hydrogen-bond acceptors (Lipinski definition) is 10. The fourth-order valence-corrected chi connectivity index (χ4v) is 8.67. The van der Waals surface area contributed by atoms with Crippen LogP contribution in [-0.4, -0.2) is 55.0 Å². The zero-order valence-electron chi connectivity index (χ0n) is 29.5. The summed E-state index contributed by atoms with van der Waals surface area (Å²) in [7, 11) is 0.668. The molecule has 276 valence electrons. The lowest BCUT2D eigenvalue weighted by Crippen LogP contribution is -2.42. The number of carbonyl (C=O) groups is 2. The Hall–Kier alpha value is -6.21. The van der Waals surface area contributed by atoms with Crippen molar-refractivity contribution < 1.29 is 46.4 Å². The molecule has 0 bridgehead atoms. The van der Waals surface area contributed by atoms with Gasteiger partial charge in [-0.3, -0.25) is 14.3 Å². The van der Waals surface area contributed by atoms with Crippen LogP contribution in [0, 0.1) is 11.8 Å². The third-order valence-corrected chi connectivity index (χ3v) is 11.6. The number of amides is 1. The summed E-state index contributed by atoms with van der Waals surface area (Å²) in [4.78, 5) is 27.6. The number of methoxy groups -OCH3 is 3. The molecule has 13 heteroatoms. The summed E-state index contributed by atoms with van der Waals surface area (Å²) in [6.07, 6.45) is 0. The van der Waals surface area contributed by atoms with Crippen LogP contribution in [0.1, 0.15) is 39.0 Å². The van der Waals surface area contributed by atoms with Gasteiger partial charge in [0.05, 0.1) is 44.8 Å². The number of sulfonamides is 1. The van der Waals surface area contributed by atoms with Gasteiger partial charge in [0.15, 0.2) is 23.0 Å². The maximum absolute atomic E-state index is 13.9. The number of benzene rings is 5. The van der Waals surface area contributed by atoms with E-state index < -0.39 is 45.7 Å². The van der Waals surface area contributed by atoms with Gasteiger partial charge in [0.2, 0.25) is 12.5 Å². The number of nitrogens with one attached hydrogen (secondary N) is 2. The molecule has 12 nitrogen and oxygen atoms in total. The molecule has 0 aromatic heterocycles. The number of ether oxygens (including phenoxy) is 6. The lowest BCUT2D eigenvalue weighted by Gasteiger charge is -2.39. The Labute approximate surface area is 312 Å². The van der Waals surface area contributed by atoms with Gasteiger partial charge in [0, 0.05) is 23.1 Å². The molecule has 1 fully saturated rings. The van der Waals surface area contributed by atoms with Crippen LogP contribution < -0.4 is 33.7 Å². The molecule has 0 saturated carbocycles. The van der Waals surface area contributed by atoms with Crippen LogP contribution in [0.4, 0.5) is 5.69 Å². The highest BCUT2D eigenvalue weighted by molar-refractivity contribution is 7.92. The third-order valence-electron chi connectivity index (χ3n) is 10.2. The molecule has 0 unspecified atom stereocenters. The van der Waals surface area contributed by atoms with E-state index >= 15 is 0 Å². The topological polar surface area (TPSA) is 148 Å². The summed E-state index contributed by atoms with van der Waals surface area (Å²) >= 11 is 0. The molecule has 2 heterocycles. The van der Waals surface area contributed by atoms with Crippen molar-refractivity contribution in [2.24, 2.45) is 11.8 Å². The van der Waals surface area contributed by atoms with Crippen LogP contribution in [0.5, 0.6) is 28.7 Å². The molecule has 3 aliphatic rings. The van der Waals surface area contributed by atoms with E-state index in [1.54, 1.807) is 36.4 Å². The first-order valence-electron chi connectivity index (χ1n) is 17.2. The molecule has 0 radical (unpaired) electrons. The smallest absolute Gasteiger partial charge is 0.310 e. The number of anilines is 1. The zero-order chi connectivity index (χ0) is 37.6. The van der Waals surface area contributed by atoms with Crippen molar-refractivity contribution >= 4 is 27.6 Å². The molecule has 1 saturated heterocycles. The first-order chi connectivity index (χ1) is 26.2. The molecule has 2 aliphatic heterocycles. The minimum atomic E-state index is -3.90. The number of fused-ring (bicyclic) bond motifs is 3.